The van der Waals surface area contributed by atoms with E-state index in [1.54, 1.807) is 0 Å². The molecule has 3 rings (SSSR count). The van der Waals surface area contributed by atoms with Gasteiger partial charge in [0.2, 0.25) is 0 Å². The summed E-state index contributed by atoms with van der Waals surface area (Å²) >= 11 is 0. The maximum atomic E-state index is 6.03. The summed E-state index contributed by atoms with van der Waals surface area (Å²) in [5.41, 5.74) is 1.14. The van der Waals surface area contributed by atoms with Gasteiger partial charge in [-0.1, -0.05) is 0 Å². The van der Waals surface area contributed by atoms with Crippen LogP contribution in [0.1, 0.15) is 46.1 Å². The van der Waals surface area contributed by atoms with Gasteiger partial charge in [0.05, 0.1) is 22.9 Å². The minimum absolute atomic E-state index is 0.345. The average Bonchev–Trinajstić information content (AvgIpc) is 3.10. The molecular weight excluding hydrogens is 253 g/mol. The molecule has 0 radical (unpaired) electrons. The number of hydrogen-bond donors (Lipinski definition) is 0. The van der Waals surface area contributed by atoms with E-state index >= 15 is 0 Å². The number of rotatable bonds is 3. The molecular formula is C15H22BNO3. The Kier molecular flexibility index (Phi) is 3.10. The van der Waals surface area contributed by atoms with Crippen molar-refractivity contribution in [2.45, 2.75) is 64.8 Å². The van der Waals surface area contributed by atoms with Crippen molar-refractivity contribution in [2.75, 3.05) is 0 Å². The Morgan fingerprint density at radius 1 is 1.20 bits per heavy atom. The van der Waals surface area contributed by atoms with Gasteiger partial charge in [-0.15, -0.1) is 0 Å². The maximum Gasteiger partial charge on any atom is 0.514 e. The second-order valence-electron chi connectivity index (χ2n) is 6.78. The molecule has 4 nitrogen and oxygen atoms in total. The zero-order valence-electron chi connectivity index (χ0n) is 12.9. The molecule has 1 saturated heterocycles. The minimum Gasteiger partial charge on any atom is -0.490 e. The maximum absolute atomic E-state index is 6.03. The van der Waals surface area contributed by atoms with Crippen molar-refractivity contribution in [3.63, 3.8) is 0 Å². The van der Waals surface area contributed by atoms with E-state index in [0.717, 1.165) is 29.7 Å². The predicted molar refractivity (Wildman–Crippen MR) is 78.3 cm³/mol. The molecule has 2 fully saturated rings. The number of aromatic nitrogens is 1. The largest absolute Gasteiger partial charge is 0.514 e. The van der Waals surface area contributed by atoms with Crippen molar-refractivity contribution < 1.29 is 14.0 Å². The molecule has 0 atom stereocenters. The Balaban J connectivity index is 1.84. The highest BCUT2D eigenvalue weighted by Crippen LogP contribution is 2.36. The zero-order chi connectivity index (χ0) is 14.5. The Morgan fingerprint density at radius 3 is 2.35 bits per heavy atom. The number of nitrogens with zero attached hydrogens (tertiary/aromatic N) is 1. The van der Waals surface area contributed by atoms with Gasteiger partial charge >= 0.3 is 7.12 Å². The standard InChI is InChI=1S/C15H22BNO3/c1-10-9-17-13(8-12(10)18-11-6-7-11)16-19-14(2,3)15(4,5)20-16/h8-9,11H,6-7H2,1-5H3. The summed E-state index contributed by atoms with van der Waals surface area (Å²) in [6.45, 7) is 10.2. The number of pyridine rings is 1. The Hall–Kier alpha value is -1.07. The summed E-state index contributed by atoms with van der Waals surface area (Å²) in [7, 11) is -0.429. The number of hydrogen-bond acceptors (Lipinski definition) is 4. The first-order valence-corrected chi connectivity index (χ1v) is 7.27. The monoisotopic (exact) mass is 275 g/mol. The van der Waals surface area contributed by atoms with Crippen LogP contribution in [0.5, 0.6) is 5.75 Å². The van der Waals surface area contributed by atoms with E-state index in [0.29, 0.717) is 6.10 Å². The Bertz CT molecular complexity index is 510. The van der Waals surface area contributed by atoms with E-state index in [4.69, 9.17) is 14.0 Å². The van der Waals surface area contributed by atoms with Gasteiger partial charge in [-0.05, 0) is 53.5 Å². The van der Waals surface area contributed by atoms with Crippen LogP contribution in [0.2, 0.25) is 0 Å². The van der Waals surface area contributed by atoms with Gasteiger partial charge < -0.3 is 14.0 Å². The van der Waals surface area contributed by atoms with Crippen LogP contribution in [0, 0.1) is 6.92 Å². The molecule has 0 spiro atoms. The van der Waals surface area contributed by atoms with Crippen LogP contribution in [0.4, 0.5) is 0 Å². The molecule has 1 aromatic heterocycles. The topological polar surface area (TPSA) is 40.6 Å². The molecule has 5 heteroatoms. The van der Waals surface area contributed by atoms with Crippen LogP contribution in [-0.4, -0.2) is 29.4 Å². The quantitative estimate of drug-likeness (QED) is 0.793. The van der Waals surface area contributed by atoms with Gasteiger partial charge in [-0.2, -0.15) is 0 Å². The third-order valence-electron chi connectivity index (χ3n) is 4.39. The van der Waals surface area contributed by atoms with Gasteiger partial charge in [0, 0.05) is 11.8 Å². The molecule has 20 heavy (non-hydrogen) atoms. The lowest BCUT2D eigenvalue weighted by molar-refractivity contribution is 0.00578. The lowest BCUT2D eigenvalue weighted by Gasteiger charge is -2.32. The van der Waals surface area contributed by atoms with E-state index in [1.807, 2.05) is 46.9 Å². The normalized spacial score (nSPS) is 23.9. The minimum atomic E-state index is -0.429. The van der Waals surface area contributed by atoms with Gasteiger partial charge in [0.15, 0.2) is 0 Å². The van der Waals surface area contributed by atoms with Crippen molar-refractivity contribution in [1.29, 1.82) is 0 Å². The molecule has 1 aliphatic heterocycles. The third-order valence-corrected chi connectivity index (χ3v) is 4.39. The third kappa shape index (κ3) is 2.45. The SMILES string of the molecule is Cc1cnc(B2OC(C)(C)C(C)(C)O2)cc1OC1CC1. The van der Waals surface area contributed by atoms with Crippen LogP contribution in [0.15, 0.2) is 12.3 Å². The van der Waals surface area contributed by atoms with E-state index in [9.17, 15) is 0 Å². The smallest absolute Gasteiger partial charge is 0.490 e. The molecule has 1 aliphatic carbocycles. The second-order valence-corrected chi connectivity index (χ2v) is 6.78. The Labute approximate surface area is 121 Å². The first-order chi connectivity index (χ1) is 9.28. The molecule has 108 valence electrons. The molecule has 2 heterocycles. The van der Waals surface area contributed by atoms with Crippen molar-refractivity contribution in [3.05, 3.63) is 17.8 Å². The number of aryl methyl sites for hydroxylation is 1. The Morgan fingerprint density at radius 2 is 1.80 bits per heavy atom. The summed E-state index contributed by atoms with van der Waals surface area (Å²) in [4.78, 5) is 4.45. The summed E-state index contributed by atoms with van der Waals surface area (Å²) in [6.07, 6.45) is 4.50. The van der Waals surface area contributed by atoms with Crippen molar-refractivity contribution in [2.24, 2.45) is 0 Å². The zero-order valence-corrected chi connectivity index (χ0v) is 12.9. The highest BCUT2D eigenvalue weighted by molar-refractivity contribution is 6.61. The van der Waals surface area contributed by atoms with E-state index < -0.39 is 7.12 Å². The van der Waals surface area contributed by atoms with Crippen LogP contribution in [0.25, 0.3) is 0 Å². The summed E-state index contributed by atoms with van der Waals surface area (Å²) < 4.78 is 18.0. The second kappa shape index (κ2) is 4.47. The summed E-state index contributed by atoms with van der Waals surface area (Å²) in [6, 6.07) is 1.95. The molecule has 0 bridgehead atoms. The fraction of sp³-hybridized carbons (Fsp3) is 0.667. The van der Waals surface area contributed by atoms with Crippen LogP contribution >= 0.6 is 0 Å². The lowest BCUT2D eigenvalue weighted by atomic mass is 9.84. The van der Waals surface area contributed by atoms with Crippen molar-refractivity contribution in [1.82, 2.24) is 4.98 Å². The number of ether oxygens (including phenoxy) is 1. The average molecular weight is 275 g/mol. The van der Waals surface area contributed by atoms with Crippen LogP contribution in [0.3, 0.4) is 0 Å². The first-order valence-electron chi connectivity index (χ1n) is 7.27. The highest BCUT2D eigenvalue weighted by Gasteiger charge is 2.52. The molecule has 0 N–H and O–H groups in total. The van der Waals surface area contributed by atoms with E-state index in [-0.39, 0.29) is 11.2 Å². The van der Waals surface area contributed by atoms with Gasteiger partial charge in [-0.25, -0.2) is 0 Å². The van der Waals surface area contributed by atoms with Crippen molar-refractivity contribution in [3.8, 4) is 5.75 Å². The molecule has 0 aromatic carbocycles. The highest BCUT2D eigenvalue weighted by atomic mass is 16.7. The molecule has 2 aliphatic rings. The fourth-order valence-electron chi connectivity index (χ4n) is 2.11. The van der Waals surface area contributed by atoms with E-state index in [2.05, 4.69) is 4.98 Å². The molecule has 0 unspecified atom stereocenters. The van der Waals surface area contributed by atoms with E-state index in [1.165, 1.54) is 0 Å². The van der Waals surface area contributed by atoms with Gasteiger partial charge in [-0.3, -0.25) is 4.98 Å². The first kappa shape index (κ1) is 13.9. The predicted octanol–water partition coefficient (Wildman–Crippen LogP) is 2.23. The molecule has 1 aromatic rings. The van der Waals surface area contributed by atoms with Crippen molar-refractivity contribution >= 4 is 12.7 Å². The molecule has 0 amide bonds. The lowest BCUT2D eigenvalue weighted by Crippen LogP contribution is -2.41. The summed E-state index contributed by atoms with van der Waals surface area (Å²) in [5.74, 6) is 0.896. The molecule has 1 saturated carbocycles. The van der Waals surface area contributed by atoms with Gasteiger partial charge in [0.25, 0.3) is 0 Å². The summed E-state index contributed by atoms with van der Waals surface area (Å²) in [5, 5.41) is 0. The van der Waals surface area contributed by atoms with Crippen LogP contribution in [-0.2, 0) is 9.31 Å². The van der Waals surface area contributed by atoms with Crippen LogP contribution < -0.4 is 10.3 Å². The van der Waals surface area contributed by atoms with Gasteiger partial charge in [0.1, 0.15) is 5.75 Å². The fourth-order valence-corrected chi connectivity index (χ4v) is 2.11.